The van der Waals surface area contributed by atoms with Gasteiger partial charge in [0.05, 0.1) is 26.8 Å². The number of rotatable bonds is 11. The van der Waals surface area contributed by atoms with Gasteiger partial charge in [0.15, 0.2) is 17.5 Å². The van der Waals surface area contributed by atoms with Crippen LogP contribution in [0.4, 0.5) is 10.2 Å². The molecule has 198 valence electrons. The summed E-state index contributed by atoms with van der Waals surface area (Å²) >= 11 is 18.3. The monoisotopic (exact) mass is 566 g/mol. The van der Waals surface area contributed by atoms with Gasteiger partial charge < -0.3 is 21.7 Å². The Morgan fingerprint density at radius 3 is 2.73 bits per heavy atom. The Hall–Kier alpha value is -2.81. The van der Waals surface area contributed by atoms with Crippen LogP contribution in [0.5, 0.6) is 0 Å². The van der Waals surface area contributed by atoms with E-state index in [1.807, 2.05) is 6.92 Å². The van der Waals surface area contributed by atoms with Crippen molar-refractivity contribution in [2.45, 2.75) is 39.2 Å². The molecule has 2 unspecified atom stereocenters. The fraction of sp³-hybridized carbons (Fsp3) is 0.346. The molecule has 37 heavy (non-hydrogen) atoms. The molecular weight excluding hydrogens is 538 g/mol. The summed E-state index contributed by atoms with van der Waals surface area (Å²) in [4.78, 5) is 21.0. The van der Waals surface area contributed by atoms with Crippen LogP contribution in [0.1, 0.15) is 49.3 Å². The molecule has 1 aliphatic heterocycles. The third-order valence-corrected chi connectivity index (χ3v) is 6.96. The van der Waals surface area contributed by atoms with Crippen LogP contribution < -0.4 is 21.7 Å². The molecule has 3 rings (SSSR count). The van der Waals surface area contributed by atoms with Gasteiger partial charge in [-0.25, -0.2) is 14.4 Å². The number of anilines is 1. The fourth-order valence-electron chi connectivity index (χ4n) is 3.92. The van der Waals surface area contributed by atoms with Crippen LogP contribution in [0, 0.1) is 11.7 Å². The number of amides is 1. The zero-order valence-corrected chi connectivity index (χ0v) is 22.9. The standard InChI is InChI=1S/C26H30Cl3FN6O/c1-3-16(6-5-9-32-26(37)23-20(28)7-4-8-21(23)29)12-34-25-22(30)14-35-24(36-25)19-13-33-15(2)18(19)10-17(27)11-31/h4,7-8,10-11,13-16,33H,3,5-6,9,12,31H2,1-2H3,(H,32,37)(H,34,35,36)/b17-11+,18-10+. The molecule has 1 aromatic carbocycles. The summed E-state index contributed by atoms with van der Waals surface area (Å²) in [5.74, 6) is -0.0885. The molecule has 2 aromatic rings. The van der Waals surface area contributed by atoms with Gasteiger partial charge >= 0.3 is 0 Å². The van der Waals surface area contributed by atoms with Crippen LogP contribution in [0.2, 0.25) is 10.0 Å². The van der Waals surface area contributed by atoms with Crippen molar-refractivity contribution in [1.29, 1.82) is 0 Å². The van der Waals surface area contributed by atoms with Gasteiger partial charge in [-0.3, -0.25) is 4.79 Å². The lowest BCUT2D eigenvalue weighted by atomic mass is 10.00. The Labute approximate surface area is 231 Å². The Morgan fingerprint density at radius 1 is 1.32 bits per heavy atom. The molecule has 2 heterocycles. The topological polar surface area (TPSA) is 105 Å². The summed E-state index contributed by atoms with van der Waals surface area (Å²) in [7, 11) is 0. The molecule has 0 spiro atoms. The molecule has 5 N–H and O–H groups in total. The van der Waals surface area contributed by atoms with E-state index in [1.54, 1.807) is 30.5 Å². The average molecular weight is 568 g/mol. The average Bonchev–Trinajstić information content (AvgIpc) is 3.24. The van der Waals surface area contributed by atoms with Crippen molar-refractivity contribution in [3.63, 3.8) is 0 Å². The van der Waals surface area contributed by atoms with Gasteiger partial charge in [-0.2, -0.15) is 0 Å². The van der Waals surface area contributed by atoms with Gasteiger partial charge in [0.2, 0.25) is 0 Å². The molecule has 0 radical (unpaired) electrons. The van der Waals surface area contributed by atoms with Crippen molar-refractivity contribution in [2.75, 3.05) is 18.4 Å². The number of nitrogens with two attached hydrogens (primary N) is 1. The number of aromatic nitrogens is 2. The van der Waals surface area contributed by atoms with E-state index in [1.165, 1.54) is 6.20 Å². The van der Waals surface area contributed by atoms with Crippen molar-refractivity contribution in [3.8, 4) is 0 Å². The van der Waals surface area contributed by atoms with Gasteiger partial charge in [0.25, 0.3) is 5.91 Å². The zero-order chi connectivity index (χ0) is 26.9. The first kappa shape index (κ1) is 28.8. The van der Waals surface area contributed by atoms with Crippen LogP contribution in [0.3, 0.4) is 0 Å². The number of carbonyl (C=O) groups excluding carboxylic acids is 1. The third kappa shape index (κ3) is 7.60. The molecule has 1 amide bonds. The van der Waals surface area contributed by atoms with Gasteiger partial charge in [-0.15, -0.1) is 0 Å². The number of carbonyl (C=O) groups is 1. The van der Waals surface area contributed by atoms with Crippen molar-refractivity contribution in [2.24, 2.45) is 11.7 Å². The quantitative estimate of drug-likeness (QED) is 0.253. The van der Waals surface area contributed by atoms with E-state index in [9.17, 15) is 9.18 Å². The smallest absolute Gasteiger partial charge is 0.254 e. The minimum Gasteiger partial charge on any atom is -0.403 e. The number of halogens is 4. The Bertz CT molecular complexity index is 1200. The summed E-state index contributed by atoms with van der Waals surface area (Å²) in [5.41, 5.74) is 7.35. The van der Waals surface area contributed by atoms with Crippen molar-refractivity contribution >= 4 is 52.1 Å². The molecule has 0 fully saturated rings. The second kappa shape index (κ2) is 13.7. The summed E-state index contributed by atoms with van der Waals surface area (Å²) < 4.78 is 14.5. The van der Waals surface area contributed by atoms with Gasteiger partial charge in [0, 0.05) is 37.1 Å². The van der Waals surface area contributed by atoms with E-state index < -0.39 is 5.82 Å². The Kier molecular flexibility index (Phi) is 10.6. The van der Waals surface area contributed by atoms with E-state index in [-0.39, 0.29) is 29.2 Å². The van der Waals surface area contributed by atoms with E-state index in [0.29, 0.717) is 34.0 Å². The predicted octanol–water partition coefficient (Wildman–Crippen LogP) is 5.87. The number of nitrogens with zero attached hydrogens (tertiary/aromatic N) is 2. The second-order valence-corrected chi connectivity index (χ2v) is 9.89. The molecule has 2 atom stereocenters. The van der Waals surface area contributed by atoms with Crippen molar-refractivity contribution < 1.29 is 9.18 Å². The third-order valence-electron chi connectivity index (χ3n) is 6.09. The lowest BCUT2D eigenvalue weighted by Gasteiger charge is -2.17. The maximum atomic E-state index is 14.5. The number of allylic oxidation sites excluding steroid dienone is 2. The van der Waals surface area contributed by atoms with Gasteiger partial charge in [0.1, 0.15) is 0 Å². The second-order valence-electron chi connectivity index (χ2n) is 8.64. The van der Waals surface area contributed by atoms with Gasteiger partial charge in [-0.1, -0.05) is 54.2 Å². The lowest BCUT2D eigenvalue weighted by Crippen LogP contribution is -2.26. The molecule has 1 aliphatic rings. The molecule has 11 heteroatoms. The zero-order valence-electron chi connectivity index (χ0n) is 20.6. The summed E-state index contributed by atoms with van der Waals surface area (Å²) in [5, 5.41) is 10.2. The minimum absolute atomic E-state index is 0.0207. The minimum atomic E-state index is -0.535. The van der Waals surface area contributed by atoms with E-state index in [0.717, 1.165) is 36.6 Å². The first-order valence-electron chi connectivity index (χ1n) is 12.0. The number of hydrogen-bond acceptors (Lipinski definition) is 6. The Balaban J connectivity index is 1.57. The number of nitrogens with one attached hydrogen (secondary N) is 3. The molecule has 7 nitrogen and oxygen atoms in total. The van der Waals surface area contributed by atoms with E-state index in [2.05, 4.69) is 32.8 Å². The largest absolute Gasteiger partial charge is 0.403 e. The molecule has 1 aromatic heterocycles. The summed E-state index contributed by atoms with van der Waals surface area (Å²) in [6.45, 7) is 5.03. The highest BCUT2D eigenvalue weighted by Gasteiger charge is 2.24. The maximum Gasteiger partial charge on any atom is 0.254 e. The SMILES string of the molecule is CCC(CCCNC(=O)c1c(Cl)cccc1Cl)CNc1nc(C2=CNC(C)/C2=C\C(Cl)=C/N)ncc1F. The van der Waals surface area contributed by atoms with Crippen LogP contribution in [-0.2, 0) is 0 Å². The van der Waals surface area contributed by atoms with Crippen molar-refractivity contribution in [3.05, 3.63) is 80.7 Å². The first-order chi connectivity index (χ1) is 17.7. The summed E-state index contributed by atoms with van der Waals surface area (Å²) in [6.07, 6.45) is 8.42. The van der Waals surface area contributed by atoms with E-state index >= 15 is 0 Å². The molecule has 0 bridgehead atoms. The molecule has 0 saturated heterocycles. The van der Waals surface area contributed by atoms with Crippen LogP contribution in [-0.4, -0.2) is 35.0 Å². The highest BCUT2D eigenvalue weighted by atomic mass is 35.5. The Morgan fingerprint density at radius 2 is 2.05 bits per heavy atom. The van der Waals surface area contributed by atoms with Crippen LogP contribution in [0.15, 0.2) is 53.5 Å². The van der Waals surface area contributed by atoms with E-state index in [4.69, 9.17) is 40.5 Å². The fourth-order valence-corrected chi connectivity index (χ4v) is 4.60. The first-order valence-corrected chi connectivity index (χ1v) is 13.1. The van der Waals surface area contributed by atoms with Crippen molar-refractivity contribution in [1.82, 2.24) is 20.6 Å². The number of hydrogen-bond donors (Lipinski definition) is 4. The summed E-state index contributed by atoms with van der Waals surface area (Å²) in [6, 6.07) is 4.93. The highest BCUT2D eigenvalue weighted by molar-refractivity contribution is 6.39. The van der Waals surface area contributed by atoms with Crippen LogP contribution >= 0.6 is 34.8 Å². The predicted molar refractivity (Wildman–Crippen MR) is 149 cm³/mol. The molecular formula is C26H30Cl3FN6O. The normalized spacial score (nSPS) is 17.4. The molecule has 0 aliphatic carbocycles. The van der Waals surface area contributed by atoms with Gasteiger partial charge in [-0.05, 0) is 49.5 Å². The van der Waals surface area contributed by atoms with Crippen LogP contribution in [0.25, 0.3) is 5.57 Å². The maximum absolute atomic E-state index is 14.5. The lowest BCUT2D eigenvalue weighted by molar-refractivity contribution is 0.0952. The highest BCUT2D eigenvalue weighted by Crippen LogP contribution is 2.30. The number of benzene rings is 1. The molecule has 0 saturated carbocycles.